The number of carbonyl (C=O) groups excluding carboxylic acids is 1. The molecule has 7 nitrogen and oxygen atoms in total. The number of hydrogen-bond acceptors (Lipinski definition) is 6. The summed E-state index contributed by atoms with van der Waals surface area (Å²) >= 11 is 5.85. The summed E-state index contributed by atoms with van der Waals surface area (Å²) in [5.74, 6) is -0.229. The van der Waals surface area contributed by atoms with Crippen LogP contribution in [0.3, 0.4) is 0 Å². The molecule has 0 saturated heterocycles. The number of halogens is 1. The maximum atomic E-state index is 12.6. The molecule has 0 saturated carbocycles. The minimum absolute atomic E-state index is 0.0527. The molecule has 0 radical (unpaired) electrons. The standard InChI is InChI=1S/C18H19ClN4O3/c1-23(2)8-7-21-18(25)17-16(12-5-6-20-10-15(12)26-17)22-11-3-4-13(19)14(24)9-11/h3-6,9-10,22,24H,7-8H2,1-2H3,(H,21,25). The number of nitrogens with one attached hydrogen (secondary N) is 2. The summed E-state index contributed by atoms with van der Waals surface area (Å²) in [6, 6.07) is 6.51. The molecule has 8 heteroatoms. The molecule has 2 aromatic heterocycles. The summed E-state index contributed by atoms with van der Waals surface area (Å²) in [6.07, 6.45) is 3.17. The lowest BCUT2D eigenvalue weighted by Gasteiger charge is -2.11. The molecule has 0 aliphatic carbocycles. The van der Waals surface area contributed by atoms with Crippen LogP contribution < -0.4 is 10.6 Å². The van der Waals surface area contributed by atoms with E-state index in [1.807, 2.05) is 19.0 Å². The van der Waals surface area contributed by atoms with Gasteiger partial charge in [0, 0.05) is 36.4 Å². The highest BCUT2D eigenvalue weighted by Crippen LogP contribution is 2.34. The Kier molecular flexibility index (Phi) is 5.29. The van der Waals surface area contributed by atoms with Crippen LogP contribution in [0.1, 0.15) is 10.6 Å². The van der Waals surface area contributed by atoms with E-state index in [2.05, 4.69) is 15.6 Å². The average molecular weight is 375 g/mol. The van der Waals surface area contributed by atoms with Crippen LogP contribution in [0, 0.1) is 0 Å². The van der Waals surface area contributed by atoms with E-state index in [0.717, 1.165) is 0 Å². The third kappa shape index (κ3) is 3.89. The summed E-state index contributed by atoms with van der Waals surface area (Å²) in [5, 5.41) is 16.7. The topological polar surface area (TPSA) is 90.6 Å². The van der Waals surface area contributed by atoms with Crippen LogP contribution in [-0.2, 0) is 0 Å². The quantitative estimate of drug-likeness (QED) is 0.613. The van der Waals surface area contributed by atoms with Crippen molar-refractivity contribution in [1.82, 2.24) is 15.2 Å². The second-order valence-electron chi connectivity index (χ2n) is 6.03. The Morgan fingerprint density at radius 2 is 2.15 bits per heavy atom. The highest BCUT2D eigenvalue weighted by molar-refractivity contribution is 6.32. The number of furan rings is 1. The number of fused-ring (bicyclic) bond motifs is 1. The van der Waals surface area contributed by atoms with Gasteiger partial charge in [-0.25, -0.2) is 0 Å². The van der Waals surface area contributed by atoms with Crippen molar-refractivity contribution in [2.45, 2.75) is 0 Å². The fraction of sp³-hybridized carbons (Fsp3) is 0.222. The Hall–Kier alpha value is -2.77. The smallest absolute Gasteiger partial charge is 0.289 e. The largest absolute Gasteiger partial charge is 0.506 e. The zero-order valence-electron chi connectivity index (χ0n) is 14.4. The second kappa shape index (κ2) is 7.63. The van der Waals surface area contributed by atoms with Gasteiger partial charge in [-0.3, -0.25) is 9.78 Å². The van der Waals surface area contributed by atoms with E-state index < -0.39 is 0 Å². The molecule has 0 unspecified atom stereocenters. The molecular weight excluding hydrogens is 356 g/mol. The maximum absolute atomic E-state index is 12.6. The van der Waals surface area contributed by atoms with Gasteiger partial charge >= 0.3 is 0 Å². The first kappa shape index (κ1) is 18.0. The van der Waals surface area contributed by atoms with E-state index in [1.165, 1.54) is 6.07 Å². The predicted molar refractivity (Wildman–Crippen MR) is 101 cm³/mol. The van der Waals surface area contributed by atoms with Gasteiger partial charge in [0.15, 0.2) is 5.58 Å². The molecule has 0 atom stereocenters. The number of phenolic OH excluding ortho intramolecular Hbond substituents is 1. The van der Waals surface area contributed by atoms with Crippen molar-refractivity contribution in [3.63, 3.8) is 0 Å². The van der Waals surface area contributed by atoms with Gasteiger partial charge in [0.05, 0.1) is 16.9 Å². The van der Waals surface area contributed by atoms with Crippen molar-refractivity contribution in [2.75, 3.05) is 32.5 Å². The number of aromatic nitrogens is 1. The highest BCUT2D eigenvalue weighted by Gasteiger charge is 2.21. The first-order valence-corrected chi connectivity index (χ1v) is 8.38. The van der Waals surface area contributed by atoms with E-state index in [-0.39, 0.29) is 22.4 Å². The van der Waals surface area contributed by atoms with Crippen molar-refractivity contribution in [3.8, 4) is 5.75 Å². The molecule has 3 aromatic rings. The molecule has 0 spiro atoms. The Balaban J connectivity index is 1.94. The first-order valence-electron chi connectivity index (χ1n) is 8.00. The summed E-state index contributed by atoms with van der Waals surface area (Å²) in [4.78, 5) is 18.6. The normalized spacial score (nSPS) is 11.1. The molecule has 2 heterocycles. The van der Waals surface area contributed by atoms with Gasteiger partial charge in [-0.1, -0.05) is 11.6 Å². The number of phenols is 1. The molecule has 1 amide bonds. The fourth-order valence-corrected chi connectivity index (χ4v) is 2.56. The van der Waals surface area contributed by atoms with Gasteiger partial charge in [0.25, 0.3) is 5.91 Å². The number of benzene rings is 1. The van der Waals surface area contributed by atoms with Crippen molar-refractivity contribution < 1.29 is 14.3 Å². The van der Waals surface area contributed by atoms with Crippen LogP contribution >= 0.6 is 11.6 Å². The van der Waals surface area contributed by atoms with E-state index in [9.17, 15) is 9.90 Å². The lowest BCUT2D eigenvalue weighted by molar-refractivity contribution is 0.0926. The Morgan fingerprint density at radius 3 is 2.88 bits per heavy atom. The lowest BCUT2D eigenvalue weighted by Crippen LogP contribution is -2.31. The van der Waals surface area contributed by atoms with E-state index in [1.54, 1.807) is 30.6 Å². The maximum Gasteiger partial charge on any atom is 0.289 e. The van der Waals surface area contributed by atoms with E-state index in [4.69, 9.17) is 16.0 Å². The van der Waals surface area contributed by atoms with Crippen molar-refractivity contribution >= 4 is 39.9 Å². The average Bonchev–Trinajstić information content (AvgIpc) is 2.96. The van der Waals surface area contributed by atoms with Crippen LogP contribution in [0.25, 0.3) is 11.0 Å². The molecule has 136 valence electrons. The Bertz CT molecular complexity index is 939. The number of amides is 1. The third-order valence-electron chi connectivity index (χ3n) is 3.76. The molecule has 3 N–H and O–H groups in total. The van der Waals surface area contributed by atoms with Gasteiger partial charge in [0.1, 0.15) is 5.75 Å². The van der Waals surface area contributed by atoms with Crippen LogP contribution in [-0.4, -0.2) is 48.1 Å². The van der Waals surface area contributed by atoms with Crippen LogP contribution in [0.5, 0.6) is 5.75 Å². The summed E-state index contributed by atoms with van der Waals surface area (Å²) < 4.78 is 5.71. The first-order chi connectivity index (χ1) is 12.5. The number of rotatable bonds is 6. The molecule has 1 aromatic carbocycles. The lowest BCUT2D eigenvalue weighted by atomic mass is 10.2. The van der Waals surface area contributed by atoms with Gasteiger partial charge < -0.3 is 25.1 Å². The Morgan fingerprint density at radius 1 is 1.35 bits per heavy atom. The van der Waals surface area contributed by atoms with Crippen molar-refractivity contribution in [3.05, 3.63) is 47.4 Å². The van der Waals surface area contributed by atoms with Crippen molar-refractivity contribution in [1.29, 1.82) is 0 Å². The van der Waals surface area contributed by atoms with E-state index >= 15 is 0 Å². The number of aromatic hydroxyl groups is 1. The zero-order chi connectivity index (χ0) is 18.7. The zero-order valence-corrected chi connectivity index (χ0v) is 15.2. The number of likely N-dealkylation sites (N-methyl/N-ethyl adjacent to an activating group) is 1. The number of hydrogen-bond donors (Lipinski definition) is 3. The summed E-state index contributed by atoms with van der Waals surface area (Å²) in [6.45, 7) is 1.20. The second-order valence-corrected chi connectivity index (χ2v) is 6.44. The molecule has 0 aliphatic heterocycles. The number of pyridine rings is 1. The number of nitrogens with zero attached hydrogens (tertiary/aromatic N) is 2. The monoisotopic (exact) mass is 374 g/mol. The SMILES string of the molecule is CN(C)CCNC(=O)c1oc2cnccc2c1Nc1ccc(Cl)c(O)c1. The number of carbonyl (C=O) groups is 1. The predicted octanol–water partition coefficient (Wildman–Crippen LogP) is 3.22. The van der Waals surface area contributed by atoms with Crippen LogP contribution in [0.2, 0.25) is 5.02 Å². The van der Waals surface area contributed by atoms with Gasteiger partial charge in [-0.05, 0) is 32.3 Å². The Labute approximate surface area is 155 Å². The van der Waals surface area contributed by atoms with Crippen molar-refractivity contribution in [2.24, 2.45) is 0 Å². The van der Waals surface area contributed by atoms with Gasteiger partial charge in [-0.2, -0.15) is 0 Å². The minimum Gasteiger partial charge on any atom is -0.506 e. The molecule has 0 aliphatic rings. The fourth-order valence-electron chi connectivity index (χ4n) is 2.44. The molecule has 0 bridgehead atoms. The van der Waals surface area contributed by atoms with Crippen LogP contribution in [0.15, 0.2) is 41.1 Å². The van der Waals surface area contributed by atoms with Gasteiger partial charge in [0.2, 0.25) is 5.76 Å². The molecule has 3 rings (SSSR count). The summed E-state index contributed by atoms with van der Waals surface area (Å²) in [5.41, 5.74) is 1.58. The summed E-state index contributed by atoms with van der Waals surface area (Å²) in [7, 11) is 3.86. The van der Waals surface area contributed by atoms with Gasteiger partial charge in [-0.15, -0.1) is 0 Å². The minimum atomic E-state index is -0.330. The van der Waals surface area contributed by atoms with Crippen LogP contribution in [0.4, 0.5) is 11.4 Å². The third-order valence-corrected chi connectivity index (χ3v) is 4.08. The molecule has 0 fully saturated rings. The molecule has 26 heavy (non-hydrogen) atoms. The van der Waals surface area contributed by atoms with E-state index in [0.29, 0.717) is 35.4 Å². The number of anilines is 2. The highest BCUT2D eigenvalue weighted by atomic mass is 35.5. The molecular formula is C18H19ClN4O3.